The Morgan fingerprint density at radius 3 is 2.56 bits per heavy atom. The molecule has 1 aliphatic rings. The summed E-state index contributed by atoms with van der Waals surface area (Å²) in [4.78, 5) is 17.3. The number of aromatic nitrogens is 2. The number of benzene rings is 2. The largest absolute Gasteiger partial charge is 0.416 e. The molecule has 1 heterocycles. The molecule has 0 aliphatic heterocycles. The zero-order chi connectivity index (χ0) is 17.6. The van der Waals surface area contributed by atoms with Crippen molar-refractivity contribution in [2.45, 2.75) is 25.6 Å². The number of hydrogen-bond donors (Lipinski definition) is 0. The van der Waals surface area contributed by atoms with Crippen molar-refractivity contribution >= 4 is 11.0 Å². The molecule has 0 unspecified atom stereocenters. The highest BCUT2D eigenvalue weighted by Crippen LogP contribution is 2.33. The van der Waals surface area contributed by atoms with E-state index in [0.717, 1.165) is 30.5 Å². The van der Waals surface area contributed by atoms with Crippen LogP contribution in [0, 0.1) is 5.92 Å². The van der Waals surface area contributed by atoms with Gasteiger partial charge in [-0.3, -0.25) is 4.79 Å². The summed E-state index contributed by atoms with van der Waals surface area (Å²) in [6.07, 6.45) is -2.32. The van der Waals surface area contributed by atoms with Gasteiger partial charge in [0.05, 0.1) is 16.6 Å². The molecule has 0 saturated heterocycles. The predicted molar refractivity (Wildman–Crippen MR) is 89.2 cm³/mol. The second-order valence-electron chi connectivity index (χ2n) is 6.39. The third-order valence-corrected chi connectivity index (χ3v) is 4.45. The first kappa shape index (κ1) is 15.9. The van der Waals surface area contributed by atoms with Crippen LogP contribution < -0.4 is 5.56 Å². The number of para-hydroxylation sites is 2. The molecule has 3 nitrogen and oxygen atoms in total. The molecule has 0 amide bonds. The topological polar surface area (TPSA) is 34.9 Å². The molecular formula is C19H15F3N2O. The number of halogens is 3. The summed E-state index contributed by atoms with van der Waals surface area (Å²) in [6.45, 7) is 0.577. The average molecular weight is 344 g/mol. The predicted octanol–water partition coefficient (Wildman–Crippen LogP) is 4.49. The van der Waals surface area contributed by atoms with Gasteiger partial charge in [0.25, 0.3) is 5.56 Å². The van der Waals surface area contributed by atoms with Crippen LogP contribution in [0.5, 0.6) is 0 Å². The Hall–Kier alpha value is -2.63. The third-order valence-electron chi connectivity index (χ3n) is 4.45. The Bertz CT molecular complexity index is 1000. The van der Waals surface area contributed by atoms with E-state index >= 15 is 0 Å². The summed E-state index contributed by atoms with van der Waals surface area (Å²) in [6, 6.07) is 12.0. The first-order valence-electron chi connectivity index (χ1n) is 8.11. The minimum atomic E-state index is -4.46. The summed E-state index contributed by atoms with van der Waals surface area (Å²) in [7, 11) is 0. The van der Waals surface area contributed by atoms with E-state index < -0.39 is 11.7 Å². The van der Waals surface area contributed by atoms with Crippen molar-refractivity contribution in [2.24, 2.45) is 5.92 Å². The molecule has 0 N–H and O–H groups in total. The normalized spacial score (nSPS) is 14.8. The Kier molecular flexibility index (Phi) is 3.63. The number of nitrogens with zero attached hydrogens (tertiary/aromatic N) is 2. The summed E-state index contributed by atoms with van der Waals surface area (Å²) in [5.74, 6) is 0.456. The fraction of sp³-hybridized carbons (Fsp3) is 0.263. The fourth-order valence-corrected chi connectivity index (χ4v) is 2.96. The lowest BCUT2D eigenvalue weighted by molar-refractivity contribution is -0.137. The molecule has 1 aromatic heterocycles. The Morgan fingerprint density at radius 1 is 1.08 bits per heavy atom. The maximum atomic E-state index is 13.0. The minimum absolute atomic E-state index is 0.0606. The molecule has 6 heteroatoms. The summed E-state index contributed by atoms with van der Waals surface area (Å²) in [5.41, 5.74) is 0.448. The highest BCUT2D eigenvalue weighted by Gasteiger charge is 2.31. The Labute approximate surface area is 141 Å². The molecule has 128 valence electrons. The lowest BCUT2D eigenvalue weighted by Crippen LogP contribution is -2.24. The maximum absolute atomic E-state index is 13.0. The monoisotopic (exact) mass is 344 g/mol. The Morgan fingerprint density at radius 2 is 1.84 bits per heavy atom. The van der Waals surface area contributed by atoms with Gasteiger partial charge in [-0.15, -0.1) is 0 Å². The van der Waals surface area contributed by atoms with Crippen molar-refractivity contribution in [3.63, 3.8) is 0 Å². The zero-order valence-corrected chi connectivity index (χ0v) is 13.3. The smallest absolute Gasteiger partial charge is 0.305 e. The second-order valence-corrected chi connectivity index (χ2v) is 6.39. The van der Waals surface area contributed by atoms with E-state index in [0.29, 0.717) is 18.0 Å². The zero-order valence-electron chi connectivity index (χ0n) is 13.3. The molecule has 4 rings (SSSR count). The highest BCUT2D eigenvalue weighted by molar-refractivity contribution is 5.77. The number of rotatable bonds is 3. The number of hydrogen-bond acceptors (Lipinski definition) is 2. The van der Waals surface area contributed by atoms with Crippen LogP contribution in [0.3, 0.4) is 0 Å². The van der Waals surface area contributed by atoms with Gasteiger partial charge >= 0.3 is 6.18 Å². The van der Waals surface area contributed by atoms with Gasteiger partial charge in [0.15, 0.2) is 0 Å². The molecule has 3 aromatic rings. The quantitative estimate of drug-likeness (QED) is 0.701. The van der Waals surface area contributed by atoms with E-state index in [1.165, 1.54) is 12.1 Å². The van der Waals surface area contributed by atoms with E-state index in [1.54, 1.807) is 16.7 Å². The third kappa shape index (κ3) is 3.04. The van der Waals surface area contributed by atoms with Gasteiger partial charge < -0.3 is 4.57 Å². The van der Waals surface area contributed by atoms with E-state index in [9.17, 15) is 18.0 Å². The maximum Gasteiger partial charge on any atom is 0.416 e. The summed E-state index contributed by atoms with van der Waals surface area (Å²) >= 11 is 0. The van der Waals surface area contributed by atoms with Crippen LogP contribution in [0.1, 0.15) is 18.4 Å². The molecule has 0 spiro atoms. The molecule has 25 heavy (non-hydrogen) atoms. The van der Waals surface area contributed by atoms with Gasteiger partial charge in [-0.1, -0.05) is 24.3 Å². The lowest BCUT2D eigenvalue weighted by atomic mass is 10.1. The van der Waals surface area contributed by atoms with Gasteiger partial charge in [-0.2, -0.15) is 13.2 Å². The van der Waals surface area contributed by atoms with E-state index in [2.05, 4.69) is 4.98 Å². The van der Waals surface area contributed by atoms with Gasteiger partial charge in [0.1, 0.15) is 5.69 Å². The lowest BCUT2D eigenvalue weighted by Gasteiger charge is -2.13. The molecule has 1 aliphatic carbocycles. The van der Waals surface area contributed by atoms with Crippen molar-refractivity contribution in [3.05, 3.63) is 64.4 Å². The van der Waals surface area contributed by atoms with Crippen LogP contribution in [0.4, 0.5) is 13.2 Å². The van der Waals surface area contributed by atoms with Crippen LogP contribution >= 0.6 is 0 Å². The fourth-order valence-electron chi connectivity index (χ4n) is 2.96. The Balaban J connectivity index is 1.93. The van der Waals surface area contributed by atoms with E-state index in [-0.39, 0.29) is 16.8 Å². The van der Waals surface area contributed by atoms with Gasteiger partial charge in [-0.25, -0.2) is 4.98 Å². The van der Waals surface area contributed by atoms with Crippen molar-refractivity contribution in [1.82, 2.24) is 9.55 Å². The van der Waals surface area contributed by atoms with Gasteiger partial charge in [0.2, 0.25) is 0 Å². The standard InChI is InChI=1S/C19H15F3N2O/c20-19(21,22)14-5-3-4-13(10-14)17-18(25)24(11-12-8-9-12)16-7-2-1-6-15(16)23-17/h1-7,10,12H,8-9,11H2. The highest BCUT2D eigenvalue weighted by atomic mass is 19.4. The molecular weight excluding hydrogens is 329 g/mol. The molecule has 1 fully saturated rings. The van der Waals surface area contributed by atoms with E-state index in [1.807, 2.05) is 12.1 Å². The van der Waals surface area contributed by atoms with Crippen LogP contribution in [-0.4, -0.2) is 9.55 Å². The van der Waals surface area contributed by atoms with Gasteiger partial charge in [-0.05, 0) is 43.0 Å². The molecule has 0 bridgehead atoms. The molecule has 0 radical (unpaired) electrons. The van der Waals surface area contributed by atoms with Crippen molar-refractivity contribution in [1.29, 1.82) is 0 Å². The minimum Gasteiger partial charge on any atom is -0.305 e. The van der Waals surface area contributed by atoms with Crippen LogP contribution in [0.15, 0.2) is 53.3 Å². The van der Waals surface area contributed by atoms with Crippen molar-refractivity contribution < 1.29 is 13.2 Å². The second kappa shape index (κ2) is 5.72. The van der Waals surface area contributed by atoms with Crippen molar-refractivity contribution in [3.8, 4) is 11.3 Å². The molecule has 1 saturated carbocycles. The van der Waals surface area contributed by atoms with Crippen LogP contribution in [0.25, 0.3) is 22.3 Å². The van der Waals surface area contributed by atoms with Crippen LogP contribution in [-0.2, 0) is 12.7 Å². The molecule has 2 aromatic carbocycles. The first-order chi connectivity index (χ1) is 11.9. The number of alkyl halides is 3. The number of fused-ring (bicyclic) bond motifs is 1. The SMILES string of the molecule is O=c1c(-c2cccc(C(F)(F)F)c2)nc2ccccc2n1CC1CC1. The summed E-state index contributed by atoms with van der Waals surface area (Å²) < 4.78 is 40.6. The van der Waals surface area contributed by atoms with Crippen molar-refractivity contribution in [2.75, 3.05) is 0 Å². The van der Waals surface area contributed by atoms with Crippen LogP contribution in [0.2, 0.25) is 0 Å². The van der Waals surface area contributed by atoms with Gasteiger partial charge in [0, 0.05) is 12.1 Å². The summed E-state index contributed by atoms with van der Waals surface area (Å²) in [5, 5.41) is 0. The van der Waals surface area contributed by atoms with E-state index in [4.69, 9.17) is 0 Å². The molecule has 0 atom stereocenters. The first-order valence-corrected chi connectivity index (χ1v) is 8.11. The average Bonchev–Trinajstić information content (AvgIpc) is 3.41.